The Bertz CT molecular complexity index is 269. The molecule has 0 saturated carbocycles. The van der Waals surface area contributed by atoms with Gasteiger partial charge in [-0.2, -0.15) is 0 Å². The van der Waals surface area contributed by atoms with Gasteiger partial charge in [0.15, 0.2) is 5.76 Å². The highest BCUT2D eigenvalue weighted by molar-refractivity contribution is 5.10. The summed E-state index contributed by atoms with van der Waals surface area (Å²) >= 11 is 0. The predicted molar refractivity (Wildman–Crippen MR) is 49.2 cm³/mol. The molecule has 0 bridgehead atoms. The largest absolute Gasteiger partial charge is 0.441 e. The number of hydrogen-bond donors (Lipinski definition) is 1. The van der Waals surface area contributed by atoms with E-state index in [1.165, 1.54) is 0 Å². The molecule has 0 radical (unpaired) electrons. The fourth-order valence-electron chi connectivity index (χ4n) is 1.12. The zero-order valence-corrected chi connectivity index (χ0v) is 8.33. The molecular weight excluding hydrogens is 168 g/mol. The molecule has 0 aliphatic carbocycles. The van der Waals surface area contributed by atoms with Crippen molar-refractivity contribution in [3.8, 4) is 0 Å². The van der Waals surface area contributed by atoms with E-state index in [9.17, 15) is 0 Å². The normalized spacial score (nSPS) is 13.2. The van der Waals surface area contributed by atoms with Crippen molar-refractivity contribution in [1.82, 2.24) is 4.98 Å². The number of hydrogen-bond acceptors (Lipinski definition) is 4. The van der Waals surface area contributed by atoms with Crippen LogP contribution in [0.2, 0.25) is 0 Å². The van der Waals surface area contributed by atoms with Crippen LogP contribution in [-0.4, -0.2) is 12.1 Å². The molecule has 1 aromatic rings. The first-order valence-corrected chi connectivity index (χ1v) is 4.42. The minimum absolute atomic E-state index is 0.157. The predicted octanol–water partition coefficient (Wildman–Crippen LogP) is 1.40. The van der Waals surface area contributed by atoms with Gasteiger partial charge in [0.05, 0.1) is 11.7 Å². The van der Waals surface area contributed by atoms with E-state index < -0.39 is 0 Å². The summed E-state index contributed by atoms with van der Waals surface area (Å²) in [6.45, 7) is 4.34. The molecule has 0 aromatic carbocycles. The van der Waals surface area contributed by atoms with Gasteiger partial charge < -0.3 is 14.9 Å². The standard InChI is InChI=1S/C9H16N2O2/c1-4-7-8(5-12-3)13-9(11-7)6(2)10/h6H,4-5,10H2,1-3H3/t6-/m0/s1. The summed E-state index contributed by atoms with van der Waals surface area (Å²) in [5.74, 6) is 1.38. The van der Waals surface area contributed by atoms with Crippen molar-refractivity contribution >= 4 is 0 Å². The van der Waals surface area contributed by atoms with Crippen molar-refractivity contribution in [2.75, 3.05) is 7.11 Å². The fourth-order valence-corrected chi connectivity index (χ4v) is 1.12. The van der Waals surface area contributed by atoms with Crippen LogP contribution in [0.3, 0.4) is 0 Å². The minimum atomic E-state index is -0.157. The Kier molecular flexibility index (Phi) is 3.45. The average Bonchev–Trinajstić information content (AvgIpc) is 2.48. The van der Waals surface area contributed by atoms with Gasteiger partial charge in [0, 0.05) is 7.11 Å². The van der Waals surface area contributed by atoms with Crippen molar-refractivity contribution in [1.29, 1.82) is 0 Å². The summed E-state index contributed by atoms with van der Waals surface area (Å²) in [7, 11) is 1.63. The molecule has 1 atom stereocenters. The van der Waals surface area contributed by atoms with Gasteiger partial charge in [0.2, 0.25) is 5.89 Å². The molecule has 2 N–H and O–H groups in total. The highest BCUT2D eigenvalue weighted by Crippen LogP contribution is 2.16. The first-order chi connectivity index (χ1) is 6.19. The third-order valence-electron chi connectivity index (χ3n) is 1.79. The van der Waals surface area contributed by atoms with Crippen molar-refractivity contribution < 1.29 is 9.15 Å². The number of methoxy groups -OCH3 is 1. The summed E-state index contributed by atoms with van der Waals surface area (Å²) in [6, 6.07) is -0.157. The molecule has 0 fully saturated rings. The molecule has 0 amide bonds. The van der Waals surface area contributed by atoms with Gasteiger partial charge in [-0.1, -0.05) is 6.92 Å². The molecule has 0 unspecified atom stereocenters. The highest BCUT2D eigenvalue weighted by atomic mass is 16.5. The summed E-state index contributed by atoms with van der Waals surface area (Å²) in [6.07, 6.45) is 0.842. The summed E-state index contributed by atoms with van der Waals surface area (Å²) in [5.41, 5.74) is 6.59. The Morgan fingerprint density at radius 2 is 2.31 bits per heavy atom. The summed E-state index contributed by atoms with van der Waals surface area (Å²) < 4.78 is 10.4. The maximum atomic E-state index is 5.65. The molecule has 4 nitrogen and oxygen atoms in total. The molecule has 0 aliphatic rings. The average molecular weight is 184 g/mol. The number of oxazole rings is 1. The van der Waals surface area contributed by atoms with Crippen molar-refractivity contribution in [3.63, 3.8) is 0 Å². The van der Waals surface area contributed by atoms with Gasteiger partial charge in [-0.15, -0.1) is 0 Å². The third-order valence-corrected chi connectivity index (χ3v) is 1.79. The first-order valence-electron chi connectivity index (χ1n) is 4.42. The Labute approximate surface area is 78.1 Å². The van der Waals surface area contributed by atoms with Crippen LogP contribution in [0.25, 0.3) is 0 Å². The zero-order valence-electron chi connectivity index (χ0n) is 8.33. The number of ether oxygens (including phenoxy) is 1. The second-order valence-electron chi connectivity index (χ2n) is 3.00. The van der Waals surface area contributed by atoms with Crippen molar-refractivity contribution in [3.05, 3.63) is 17.3 Å². The van der Waals surface area contributed by atoms with Crippen molar-refractivity contribution in [2.45, 2.75) is 32.9 Å². The lowest BCUT2D eigenvalue weighted by atomic mass is 10.3. The van der Waals surface area contributed by atoms with Crippen LogP contribution in [0, 0.1) is 0 Å². The number of aryl methyl sites for hydroxylation is 1. The molecule has 1 aromatic heterocycles. The second kappa shape index (κ2) is 4.39. The number of rotatable bonds is 4. The van der Waals surface area contributed by atoms with E-state index in [-0.39, 0.29) is 6.04 Å². The maximum absolute atomic E-state index is 5.65. The topological polar surface area (TPSA) is 61.3 Å². The SMILES string of the molecule is CCc1nc([C@H](C)N)oc1COC. The van der Waals surface area contributed by atoms with Gasteiger partial charge in [0.25, 0.3) is 0 Å². The Morgan fingerprint density at radius 3 is 2.77 bits per heavy atom. The zero-order chi connectivity index (χ0) is 9.84. The van der Waals surface area contributed by atoms with Crippen LogP contribution >= 0.6 is 0 Å². The Hall–Kier alpha value is -0.870. The number of aromatic nitrogens is 1. The molecular formula is C9H16N2O2. The quantitative estimate of drug-likeness (QED) is 0.768. The van der Waals surface area contributed by atoms with E-state index in [0.717, 1.165) is 17.9 Å². The molecule has 74 valence electrons. The van der Waals surface area contributed by atoms with Crippen LogP contribution in [0.5, 0.6) is 0 Å². The van der Waals surface area contributed by atoms with E-state index in [4.69, 9.17) is 14.9 Å². The first kappa shape index (κ1) is 10.2. The molecule has 0 saturated heterocycles. The monoisotopic (exact) mass is 184 g/mol. The summed E-state index contributed by atoms with van der Waals surface area (Å²) in [5, 5.41) is 0. The number of nitrogens with zero attached hydrogens (tertiary/aromatic N) is 1. The lowest BCUT2D eigenvalue weighted by molar-refractivity contribution is 0.161. The van der Waals surface area contributed by atoms with Crippen LogP contribution < -0.4 is 5.73 Å². The summed E-state index contributed by atoms with van der Waals surface area (Å²) in [4.78, 5) is 4.28. The highest BCUT2D eigenvalue weighted by Gasteiger charge is 2.13. The van der Waals surface area contributed by atoms with Gasteiger partial charge in [-0.25, -0.2) is 4.98 Å². The van der Waals surface area contributed by atoms with Gasteiger partial charge in [0.1, 0.15) is 6.61 Å². The molecule has 0 aliphatic heterocycles. The fraction of sp³-hybridized carbons (Fsp3) is 0.667. The lowest BCUT2D eigenvalue weighted by Gasteiger charge is -1.96. The van der Waals surface area contributed by atoms with Gasteiger partial charge in [-0.3, -0.25) is 0 Å². The van der Waals surface area contributed by atoms with Crippen LogP contribution in [0.4, 0.5) is 0 Å². The smallest absolute Gasteiger partial charge is 0.211 e. The number of nitrogens with two attached hydrogens (primary N) is 1. The Morgan fingerprint density at radius 1 is 1.62 bits per heavy atom. The van der Waals surface area contributed by atoms with Crippen LogP contribution in [0.15, 0.2) is 4.42 Å². The maximum Gasteiger partial charge on any atom is 0.211 e. The van der Waals surface area contributed by atoms with E-state index in [1.807, 2.05) is 13.8 Å². The molecule has 4 heteroatoms. The van der Waals surface area contributed by atoms with E-state index >= 15 is 0 Å². The molecule has 13 heavy (non-hydrogen) atoms. The lowest BCUT2D eigenvalue weighted by Crippen LogP contribution is -2.05. The Balaban J connectivity index is 2.90. The van der Waals surface area contributed by atoms with E-state index in [0.29, 0.717) is 12.5 Å². The van der Waals surface area contributed by atoms with E-state index in [1.54, 1.807) is 7.11 Å². The molecule has 1 rings (SSSR count). The van der Waals surface area contributed by atoms with Gasteiger partial charge >= 0.3 is 0 Å². The molecule has 0 spiro atoms. The third kappa shape index (κ3) is 2.29. The van der Waals surface area contributed by atoms with Crippen LogP contribution in [-0.2, 0) is 17.8 Å². The van der Waals surface area contributed by atoms with Crippen molar-refractivity contribution in [2.24, 2.45) is 5.73 Å². The van der Waals surface area contributed by atoms with Crippen LogP contribution in [0.1, 0.15) is 37.2 Å². The minimum Gasteiger partial charge on any atom is -0.441 e. The second-order valence-corrected chi connectivity index (χ2v) is 3.00. The van der Waals surface area contributed by atoms with E-state index in [2.05, 4.69) is 4.98 Å². The molecule has 1 heterocycles. The van der Waals surface area contributed by atoms with Gasteiger partial charge in [-0.05, 0) is 13.3 Å².